The quantitative estimate of drug-likeness (QED) is 0.472. The van der Waals surface area contributed by atoms with Crippen LogP contribution in [-0.2, 0) is 0 Å². The third-order valence-corrected chi connectivity index (χ3v) is 8.19. The van der Waals surface area contributed by atoms with Crippen LogP contribution in [0.5, 0.6) is 5.75 Å². The van der Waals surface area contributed by atoms with Crippen LogP contribution in [-0.4, -0.2) is 48.3 Å². The molecule has 32 heavy (non-hydrogen) atoms. The predicted octanol–water partition coefficient (Wildman–Crippen LogP) is 6.34. The molecule has 2 fully saturated rings. The molecule has 1 aliphatic carbocycles. The molecular formula is C26H36ClFN2O2. The predicted molar refractivity (Wildman–Crippen MR) is 128 cm³/mol. The second-order valence-corrected chi connectivity index (χ2v) is 10.3. The monoisotopic (exact) mass is 462 g/mol. The number of alkyl halides is 1. The zero-order valence-electron chi connectivity index (χ0n) is 19.2. The molecule has 176 valence electrons. The Bertz CT molecular complexity index is 895. The maximum atomic E-state index is 15.5. The molecule has 0 spiro atoms. The first-order valence-electron chi connectivity index (χ1n) is 12.1. The van der Waals surface area contributed by atoms with Gasteiger partial charge in [-0.1, -0.05) is 37.3 Å². The minimum atomic E-state index is -1.20. The molecule has 2 heterocycles. The first-order valence-corrected chi connectivity index (χ1v) is 12.5. The molecule has 1 saturated carbocycles. The summed E-state index contributed by atoms with van der Waals surface area (Å²) in [4.78, 5) is 6.87. The van der Waals surface area contributed by atoms with E-state index in [4.69, 9.17) is 16.3 Å². The molecule has 4 nitrogen and oxygen atoms in total. The Morgan fingerprint density at radius 2 is 2.03 bits per heavy atom. The van der Waals surface area contributed by atoms with Crippen molar-refractivity contribution in [2.24, 2.45) is 11.3 Å². The second-order valence-electron chi connectivity index (χ2n) is 9.85. The summed E-state index contributed by atoms with van der Waals surface area (Å²) in [6.07, 6.45) is 10.1. The smallest absolute Gasteiger partial charge is 0.127 e. The molecular weight excluding hydrogens is 427 g/mol. The number of aliphatic hydroxyl groups is 1. The Morgan fingerprint density at radius 1 is 1.28 bits per heavy atom. The van der Waals surface area contributed by atoms with Gasteiger partial charge < -0.3 is 14.7 Å². The molecule has 1 N–H and O–H groups in total. The van der Waals surface area contributed by atoms with Gasteiger partial charge in [0.1, 0.15) is 11.9 Å². The number of pyridine rings is 1. The average Bonchev–Trinajstić information content (AvgIpc) is 3.35. The van der Waals surface area contributed by atoms with E-state index in [1.165, 1.54) is 44.8 Å². The Labute approximate surface area is 196 Å². The van der Waals surface area contributed by atoms with Gasteiger partial charge in [0.05, 0.1) is 17.6 Å². The summed E-state index contributed by atoms with van der Waals surface area (Å²) < 4.78 is 20.9. The van der Waals surface area contributed by atoms with Gasteiger partial charge in [0.15, 0.2) is 0 Å². The number of fused-ring (bicyclic) bond motifs is 1. The van der Waals surface area contributed by atoms with Gasteiger partial charge in [0.25, 0.3) is 0 Å². The minimum absolute atomic E-state index is 0.120. The van der Waals surface area contributed by atoms with E-state index < -0.39 is 6.17 Å². The van der Waals surface area contributed by atoms with Crippen molar-refractivity contribution in [3.63, 3.8) is 0 Å². The molecule has 1 aromatic heterocycles. The largest absolute Gasteiger partial charge is 0.497 e. The highest BCUT2D eigenvalue weighted by Crippen LogP contribution is 2.42. The molecule has 2 aromatic rings. The van der Waals surface area contributed by atoms with Gasteiger partial charge in [0, 0.05) is 23.8 Å². The number of likely N-dealkylation sites (tertiary alicyclic amines) is 1. The zero-order chi connectivity index (χ0) is 22.6. The van der Waals surface area contributed by atoms with Crippen molar-refractivity contribution in [2.45, 2.75) is 64.0 Å². The van der Waals surface area contributed by atoms with Gasteiger partial charge in [-0.3, -0.25) is 4.98 Å². The lowest BCUT2D eigenvalue weighted by Crippen LogP contribution is -2.42. The van der Waals surface area contributed by atoms with Crippen molar-refractivity contribution in [3.8, 4) is 5.75 Å². The second kappa shape index (κ2) is 10.7. The van der Waals surface area contributed by atoms with Crippen LogP contribution in [0.4, 0.5) is 4.39 Å². The van der Waals surface area contributed by atoms with Crippen LogP contribution in [0.3, 0.4) is 0 Å². The van der Waals surface area contributed by atoms with Gasteiger partial charge in [-0.2, -0.15) is 0 Å². The topological polar surface area (TPSA) is 45.6 Å². The van der Waals surface area contributed by atoms with Gasteiger partial charge in [0.2, 0.25) is 0 Å². The summed E-state index contributed by atoms with van der Waals surface area (Å²) in [5, 5.41) is 11.3. The summed E-state index contributed by atoms with van der Waals surface area (Å²) in [7, 11) is 1.59. The first-order chi connectivity index (χ1) is 15.5. The van der Waals surface area contributed by atoms with Gasteiger partial charge in [-0.05, 0) is 81.3 Å². The number of rotatable bonds is 9. The summed E-state index contributed by atoms with van der Waals surface area (Å²) >= 11 is 6.39. The van der Waals surface area contributed by atoms with Gasteiger partial charge >= 0.3 is 0 Å². The summed E-state index contributed by atoms with van der Waals surface area (Å²) in [5.74, 6) is 1.57. The molecule has 0 radical (unpaired) electrons. The van der Waals surface area contributed by atoms with E-state index in [-0.39, 0.29) is 12.0 Å². The normalized spacial score (nSPS) is 20.6. The standard InChI is InChI=1S/C26H36ClFN2O2/c1-32-20-6-7-24-21(16-20)25(22(27)17-29-24)23(28)8-10-26(18-31)11-14-30(15-12-26)13-9-19-4-2-3-5-19/h6-7,16-17,19,23,31H,2-5,8-15,18H2,1H3/t23-/m0/s1. The highest BCUT2D eigenvalue weighted by atomic mass is 35.5. The van der Waals surface area contributed by atoms with E-state index in [9.17, 15) is 5.11 Å². The Hall–Kier alpha value is -1.43. The van der Waals surface area contributed by atoms with Crippen LogP contribution in [0, 0.1) is 11.3 Å². The minimum Gasteiger partial charge on any atom is -0.497 e. The maximum absolute atomic E-state index is 15.5. The highest BCUT2D eigenvalue weighted by molar-refractivity contribution is 6.32. The molecule has 0 bridgehead atoms. The van der Waals surface area contributed by atoms with Crippen LogP contribution < -0.4 is 4.74 Å². The summed E-state index contributed by atoms with van der Waals surface area (Å²) in [6.45, 7) is 3.29. The molecule has 1 atom stereocenters. The number of nitrogens with zero attached hydrogens (tertiary/aromatic N) is 2. The fraction of sp³-hybridized carbons (Fsp3) is 0.654. The van der Waals surface area contributed by atoms with E-state index >= 15 is 4.39 Å². The van der Waals surface area contributed by atoms with E-state index in [0.717, 1.165) is 31.8 Å². The Kier molecular flexibility index (Phi) is 7.91. The van der Waals surface area contributed by atoms with Crippen LogP contribution in [0.2, 0.25) is 5.02 Å². The van der Waals surface area contributed by atoms with E-state index in [0.29, 0.717) is 40.1 Å². The lowest BCUT2D eigenvalue weighted by molar-refractivity contribution is 0.0287. The molecule has 1 aliphatic heterocycles. The van der Waals surface area contributed by atoms with E-state index in [2.05, 4.69) is 9.88 Å². The molecule has 1 saturated heterocycles. The number of hydrogen-bond acceptors (Lipinski definition) is 4. The third kappa shape index (κ3) is 5.37. The average molecular weight is 463 g/mol. The molecule has 2 aliphatic rings. The van der Waals surface area contributed by atoms with Crippen molar-refractivity contribution in [1.29, 1.82) is 0 Å². The van der Waals surface area contributed by atoms with Crippen molar-refractivity contribution in [1.82, 2.24) is 9.88 Å². The molecule has 1 aromatic carbocycles. The summed E-state index contributed by atoms with van der Waals surface area (Å²) in [5.41, 5.74) is 0.999. The molecule has 4 rings (SSSR count). The van der Waals surface area contributed by atoms with Gasteiger partial charge in [-0.25, -0.2) is 4.39 Å². The summed E-state index contributed by atoms with van der Waals surface area (Å²) in [6, 6.07) is 5.46. The fourth-order valence-corrected chi connectivity index (χ4v) is 5.86. The number of hydrogen-bond donors (Lipinski definition) is 1. The number of ether oxygens (including phenoxy) is 1. The third-order valence-electron chi connectivity index (χ3n) is 7.89. The number of methoxy groups -OCH3 is 1. The lowest BCUT2D eigenvalue weighted by Gasteiger charge is -2.41. The van der Waals surface area contributed by atoms with E-state index in [1.54, 1.807) is 13.2 Å². The number of piperidine rings is 1. The number of aliphatic hydroxyl groups excluding tert-OH is 1. The maximum Gasteiger partial charge on any atom is 0.127 e. The Balaban J connectivity index is 1.37. The van der Waals surface area contributed by atoms with E-state index in [1.807, 2.05) is 12.1 Å². The number of benzene rings is 1. The van der Waals surface area contributed by atoms with Crippen LogP contribution in [0.1, 0.15) is 69.5 Å². The molecule has 0 unspecified atom stereocenters. The zero-order valence-corrected chi connectivity index (χ0v) is 19.9. The van der Waals surface area contributed by atoms with Crippen molar-refractivity contribution in [2.75, 3.05) is 33.4 Å². The lowest BCUT2D eigenvalue weighted by atomic mass is 9.74. The number of aromatic nitrogens is 1. The van der Waals surface area contributed by atoms with Crippen LogP contribution in [0.15, 0.2) is 24.4 Å². The van der Waals surface area contributed by atoms with Gasteiger partial charge in [-0.15, -0.1) is 0 Å². The van der Waals surface area contributed by atoms with Crippen LogP contribution >= 0.6 is 11.6 Å². The molecule has 6 heteroatoms. The van der Waals surface area contributed by atoms with Crippen molar-refractivity contribution >= 4 is 22.5 Å². The number of halogens is 2. The fourth-order valence-electron chi connectivity index (χ4n) is 5.59. The first kappa shape index (κ1) is 23.7. The molecule has 0 amide bonds. The van der Waals surface area contributed by atoms with Crippen molar-refractivity contribution in [3.05, 3.63) is 35.0 Å². The van der Waals surface area contributed by atoms with Crippen LogP contribution in [0.25, 0.3) is 10.9 Å². The SMILES string of the molecule is COc1ccc2ncc(Cl)c([C@@H](F)CCC3(CO)CCN(CCC4CCCC4)CC3)c2c1. The highest BCUT2D eigenvalue weighted by Gasteiger charge is 2.35. The van der Waals surface area contributed by atoms with Crippen molar-refractivity contribution < 1.29 is 14.2 Å². The Morgan fingerprint density at radius 3 is 2.72 bits per heavy atom.